The van der Waals surface area contributed by atoms with Crippen LogP contribution in [-0.4, -0.2) is 41.9 Å². The summed E-state index contributed by atoms with van der Waals surface area (Å²) in [7, 11) is 0. The third-order valence-electron chi connectivity index (χ3n) is 2.70. The van der Waals surface area contributed by atoms with E-state index in [9.17, 15) is 4.79 Å². The summed E-state index contributed by atoms with van der Waals surface area (Å²) in [6.07, 6.45) is 1.11. The Balaban J connectivity index is 2.20. The van der Waals surface area contributed by atoms with Crippen LogP contribution in [0.25, 0.3) is 0 Å². The first-order valence-corrected chi connectivity index (χ1v) is 6.47. The molecule has 1 aliphatic heterocycles. The van der Waals surface area contributed by atoms with E-state index in [1.807, 2.05) is 6.92 Å². The van der Waals surface area contributed by atoms with Crippen molar-refractivity contribution in [3.63, 3.8) is 0 Å². The number of aromatic nitrogens is 1. The van der Waals surface area contributed by atoms with Crippen molar-refractivity contribution in [1.82, 2.24) is 4.98 Å². The predicted molar refractivity (Wildman–Crippen MR) is 66.1 cm³/mol. The van der Waals surface area contributed by atoms with E-state index in [0.29, 0.717) is 10.6 Å². The molecule has 2 heterocycles. The van der Waals surface area contributed by atoms with Gasteiger partial charge < -0.3 is 14.7 Å². The van der Waals surface area contributed by atoms with Crippen LogP contribution in [0.4, 0.5) is 5.13 Å². The van der Waals surface area contributed by atoms with Gasteiger partial charge in [0.15, 0.2) is 5.13 Å². The molecule has 1 unspecified atom stereocenters. The summed E-state index contributed by atoms with van der Waals surface area (Å²) in [6, 6.07) is 0. The van der Waals surface area contributed by atoms with Gasteiger partial charge in [0.25, 0.3) is 0 Å². The number of hydrogen-bond acceptors (Lipinski definition) is 5. The van der Waals surface area contributed by atoms with E-state index >= 15 is 0 Å². The number of aryl methyl sites for hydroxylation is 1. The number of ether oxygens (including phenoxy) is 1. The van der Waals surface area contributed by atoms with Crippen LogP contribution in [0.3, 0.4) is 0 Å². The van der Waals surface area contributed by atoms with Crippen LogP contribution < -0.4 is 4.90 Å². The molecule has 1 aromatic heterocycles. The average Bonchev–Trinajstić information content (AvgIpc) is 2.51. The van der Waals surface area contributed by atoms with Gasteiger partial charge in [-0.25, -0.2) is 9.78 Å². The van der Waals surface area contributed by atoms with E-state index in [0.717, 1.165) is 31.2 Å². The molecule has 0 aliphatic carbocycles. The minimum Gasteiger partial charge on any atom is -0.477 e. The minimum atomic E-state index is -0.898. The fourth-order valence-corrected chi connectivity index (χ4v) is 2.82. The first kappa shape index (κ1) is 12.3. The van der Waals surface area contributed by atoms with E-state index in [4.69, 9.17) is 9.84 Å². The number of thiazole rings is 1. The van der Waals surface area contributed by atoms with E-state index < -0.39 is 5.97 Å². The number of carboxylic acid groups (broad SMARTS) is 1. The normalized spacial score (nSPS) is 21.3. The zero-order valence-electron chi connectivity index (χ0n) is 9.97. The Kier molecular flexibility index (Phi) is 3.63. The highest BCUT2D eigenvalue weighted by molar-refractivity contribution is 7.17. The smallest absolute Gasteiger partial charge is 0.347 e. The number of nitrogens with zero attached hydrogens (tertiary/aromatic N) is 2. The zero-order valence-corrected chi connectivity index (χ0v) is 10.8. The summed E-state index contributed by atoms with van der Waals surface area (Å²) in [4.78, 5) is 17.8. The maximum absolute atomic E-state index is 11.0. The predicted octanol–water partition coefficient (Wildman–Crippen LogP) is 1.76. The van der Waals surface area contributed by atoms with Crippen molar-refractivity contribution in [2.24, 2.45) is 0 Å². The Morgan fingerprint density at radius 3 is 3.06 bits per heavy atom. The Hall–Kier alpha value is -1.14. The quantitative estimate of drug-likeness (QED) is 0.873. The monoisotopic (exact) mass is 256 g/mol. The lowest BCUT2D eigenvalue weighted by molar-refractivity contribution is 0.0701. The number of hydrogen-bond donors (Lipinski definition) is 1. The maximum atomic E-state index is 11.0. The summed E-state index contributed by atoms with van der Waals surface area (Å²) < 4.78 is 5.56. The van der Waals surface area contributed by atoms with Crippen molar-refractivity contribution in [3.05, 3.63) is 10.6 Å². The summed E-state index contributed by atoms with van der Waals surface area (Å²) in [5.74, 6) is -0.898. The van der Waals surface area contributed by atoms with Crippen molar-refractivity contribution in [2.45, 2.75) is 26.4 Å². The summed E-state index contributed by atoms with van der Waals surface area (Å²) >= 11 is 1.25. The fraction of sp³-hybridized carbons (Fsp3) is 0.636. The molecule has 5 nitrogen and oxygen atoms in total. The number of carboxylic acids is 1. The molecule has 0 spiro atoms. The SMILES string of the molecule is Cc1nc(N2CCCOC(C)C2)sc1C(=O)O. The van der Waals surface area contributed by atoms with Gasteiger partial charge in [-0.3, -0.25) is 0 Å². The lowest BCUT2D eigenvalue weighted by atomic mass is 10.3. The van der Waals surface area contributed by atoms with Crippen LogP contribution in [0.15, 0.2) is 0 Å². The van der Waals surface area contributed by atoms with Crippen molar-refractivity contribution in [1.29, 1.82) is 0 Å². The largest absolute Gasteiger partial charge is 0.477 e. The van der Waals surface area contributed by atoms with Crippen molar-refractivity contribution in [3.8, 4) is 0 Å². The minimum absolute atomic E-state index is 0.162. The molecule has 17 heavy (non-hydrogen) atoms. The molecule has 1 N–H and O–H groups in total. The lowest BCUT2D eigenvalue weighted by Crippen LogP contribution is -2.29. The molecule has 1 aromatic rings. The van der Waals surface area contributed by atoms with E-state index in [1.165, 1.54) is 11.3 Å². The molecule has 1 aliphatic rings. The molecule has 1 saturated heterocycles. The molecule has 94 valence electrons. The number of rotatable bonds is 2. The fourth-order valence-electron chi connectivity index (χ4n) is 1.88. The summed E-state index contributed by atoms with van der Waals surface area (Å²) in [6.45, 7) is 6.16. The molecule has 6 heteroatoms. The van der Waals surface area contributed by atoms with Crippen LogP contribution in [-0.2, 0) is 4.74 Å². The number of carbonyl (C=O) groups is 1. The first-order valence-electron chi connectivity index (χ1n) is 5.65. The molecule has 0 saturated carbocycles. The maximum Gasteiger partial charge on any atom is 0.347 e. The molecule has 0 radical (unpaired) electrons. The van der Waals surface area contributed by atoms with E-state index in [-0.39, 0.29) is 6.10 Å². The van der Waals surface area contributed by atoms with Gasteiger partial charge in [-0.15, -0.1) is 0 Å². The highest BCUT2D eigenvalue weighted by Gasteiger charge is 2.21. The van der Waals surface area contributed by atoms with Crippen molar-refractivity contribution < 1.29 is 14.6 Å². The van der Waals surface area contributed by atoms with Gasteiger partial charge in [-0.2, -0.15) is 0 Å². The molecule has 0 bridgehead atoms. The zero-order chi connectivity index (χ0) is 12.4. The van der Waals surface area contributed by atoms with Crippen LogP contribution in [0, 0.1) is 6.92 Å². The highest BCUT2D eigenvalue weighted by Crippen LogP contribution is 2.27. The number of anilines is 1. The third kappa shape index (κ3) is 2.76. The lowest BCUT2D eigenvalue weighted by Gasteiger charge is -2.20. The summed E-state index contributed by atoms with van der Waals surface area (Å²) in [5, 5.41) is 9.80. The van der Waals surface area contributed by atoms with Crippen LogP contribution in [0.2, 0.25) is 0 Å². The second-order valence-corrected chi connectivity index (χ2v) is 5.17. The standard InChI is InChI=1S/C11H16N2O3S/c1-7-6-13(4-3-5-16-7)11-12-8(2)9(17-11)10(14)15/h7H,3-6H2,1-2H3,(H,14,15). The first-order chi connectivity index (χ1) is 8.08. The molecule has 1 atom stereocenters. The van der Waals surface area contributed by atoms with Crippen LogP contribution >= 0.6 is 11.3 Å². The van der Waals surface area contributed by atoms with Crippen LogP contribution in [0.5, 0.6) is 0 Å². The second kappa shape index (κ2) is 5.01. The van der Waals surface area contributed by atoms with Crippen molar-refractivity contribution in [2.75, 3.05) is 24.6 Å². The molecule has 2 rings (SSSR count). The Morgan fingerprint density at radius 1 is 1.65 bits per heavy atom. The van der Waals surface area contributed by atoms with Gasteiger partial charge in [-0.1, -0.05) is 11.3 Å². The van der Waals surface area contributed by atoms with E-state index in [1.54, 1.807) is 6.92 Å². The van der Waals surface area contributed by atoms with Gasteiger partial charge in [0.05, 0.1) is 11.8 Å². The molecular formula is C11H16N2O3S. The Bertz CT molecular complexity index is 419. The second-order valence-electron chi connectivity index (χ2n) is 4.20. The third-order valence-corrected chi connectivity index (χ3v) is 3.91. The van der Waals surface area contributed by atoms with Gasteiger partial charge in [0.1, 0.15) is 4.88 Å². The Labute approximate surface area is 104 Å². The molecule has 0 amide bonds. The molecular weight excluding hydrogens is 240 g/mol. The molecule has 0 aromatic carbocycles. The van der Waals surface area contributed by atoms with E-state index in [2.05, 4.69) is 9.88 Å². The Morgan fingerprint density at radius 2 is 2.41 bits per heavy atom. The van der Waals surface area contributed by atoms with Gasteiger partial charge in [-0.05, 0) is 20.3 Å². The van der Waals surface area contributed by atoms with Gasteiger partial charge >= 0.3 is 5.97 Å². The topological polar surface area (TPSA) is 62.7 Å². The van der Waals surface area contributed by atoms with Gasteiger partial charge in [0.2, 0.25) is 0 Å². The van der Waals surface area contributed by atoms with Gasteiger partial charge in [0, 0.05) is 19.7 Å². The average molecular weight is 256 g/mol. The highest BCUT2D eigenvalue weighted by atomic mass is 32.1. The van der Waals surface area contributed by atoms with Crippen molar-refractivity contribution >= 4 is 22.4 Å². The summed E-state index contributed by atoms with van der Waals surface area (Å²) in [5.41, 5.74) is 0.593. The van der Waals surface area contributed by atoms with Crippen LogP contribution in [0.1, 0.15) is 28.7 Å². The number of aromatic carboxylic acids is 1. The molecule has 1 fully saturated rings.